The van der Waals surface area contributed by atoms with Gasteiger partial charge in [0.1, 0.15) is 5.82 Å². The molecule has 8 nitrogen and oxygen atoms in total. The Morgan fingerprint density at radius 2 is 1.41 bits per heavy atom. The van der Waals surface area contributed by atoms with Gasteiger partial charge in [0.15, 0.2) is 0 Å². The van der Waals surface area contributed by atoms with Crippen LogP contribution in [0.4, 0.5) is 5.82 Å². The minimum atomic E-state index is -4.18. The number of sulfonamides is 1. The van der Waals surface area contributed by atoms with Crippen molar-refractivity contribution in [2.45, 2.75) is 35.6 Å². The zero-order chi connectivity index (χ0) is 26.8. The number of nitrogens with one attached hydrogen (secondary N) is 1. The fourth-order valence-electron chi connectivity index (χ4n) is 3.90. The van der Waals surface area contributed by atoms with Crippen molar-refractivity contribution in [2.75, 3.05) is 5.73 Å². The topological polar surface area (TPSA) is 124 Å². The van der Waals surface area contributed by atoms with Crippen LogP contribution in [-0.4, -0.2) is 26.0 Å². The Bertz CT molecular complexity index is 1610. The molecule has 1 unspecified atom stereocenters. The van der Waals surface area contributed by atoms with Gasteiger partial charge >= 0.3 is 0 Å². The molecule has 3 aromatic carbocycles. The van der Waals surface area contributed by atoms with E-state index in [0.717, 1.165) is 9.65 Å². The lowest BCUT2D eigenvalue weighted by atomic mass is 10.0. The normalized spacial score (nSPS) is 12.9. The predicted molar refractivity (Wildman–Crippen MR) is 145 cm³/mol. The lowest BCUT2D eigenvalue weighted by Crippen LogP contribution is -2.31. The van der Waals surface area contributed by atoms with Crippen molar-refractivity contribution < 1.29 is 16.8 Å². The monoisotopic (exact) mass is 578 g/mol. The maximum Gasteiger partial charge on any atom is 0.284 e. The molecule has 3 N–H and O–H groups in total. The smallest absolute Gasteiger partial charge is 0.284 e. The summed E-state index contributed by atoms with van der Waals surface area (Å²) in [6, 6.07) is 19.6. The zero-order valence-electron chi connectivity index (χ0n) is 19.7. The van der Waals surface area contributed by atoms with Crippen LogP contribution in [0.2, 0.25) is 10.0 Å². The molecule has 0 fully saturated rings. The van der Waals surface area contributed by atoms with Crippen molar-refractivity contribution in [3.8, 4) is 0 Å². The summed E-state index contributed by atoms with van der Waals surface area (Å²) in [4.78, 5) is -0.0455. The molecule has 1 aromatic heterocycles. The Morgan fingerprint density at radius 1 is 0.865 bits per heavy atom. The summed E-state index contributed by atoms with van der Waals surface area (Å²) in [7, 11) is -8.20. The Kier molecular flexibility index (Phi) is 7.96. The number of anilines is 1. The van der Waals surface area contributed by atoms with Gasteiger partial charge in [0, 0.05) is 15.6 Å². The van der Waals surface area contributed by atoms with Gasteiger partial charge in [-0.15, -0.1) is 4.09 Å². The van der Waals surface area contributed by atoms with E-state index in [0.29, 0.717) is 22.0 Å². The fraction of sp³-hybridized carbons (Fsp3) is 0.160. The summed E-state index contributed by atoms with van der Waals surface area (Å²) in [6.45, 7) is 1.80. The van der Waals surface area contributed by atoms with Crippen LogP contribution in [0.5, 0.6) is 0 Å². The van der Waals surface area contributed by atoms with E-state index in [9.17, 15) is 16.8 Å². The molecule has 37 heavy (non-hydrogen) atoms. The number of nitrogen functional groups attached to an aromatic ring is 1. The molecule has 0 radical (unpaired) electrons. The van der Waals surface area contributed by atoms with Crippen molar-refractivity contribution in [2.24, 2.45) is 0 Å². The Balaban J connectivity index is 1.83. The molecular weight excluding hydrogens is 555 g/mol. The van der Waals surface area contributed by atoms with E-state index in [-0.39, 0.29) is 27.7 Å². The number of halogens is 2. The van der Waals surface area contributed by atoms with E-state index in [4.69, 9.17) is 28.9 Å². The van der Waals surface area contributed by atoms with Crippen molar-refractivity contribution in [3.63, 3.8) is 0 Å². The predicted octanol–water partition coefficient (Wildman–Crippen LogP) is 4.83. The maximum atomic E-state index is 13.4. The first kappa shape index (κ1) is 27.2. The molecular formula is C25H24Cl2N4O4S2. The standard InChI is InChI=1S/C25H24Cl2N4O4S2/c1-2-22-24(29-31(25(22)28)37(34,35)21-14-10-19(27)11-15-21)23(16-17-6-4-3-5-7-17)30-36(32,33)20-12-8-18(26)9-13-20/h3-15,23,30H,2,16,28H2,1H3. The Labute approximate surface area is 226 Å². The minimum absolute atomic E-state index is 0.00852. The van der Waals surface area contributed by atoms with E-state index in [1.165, 1.54) is 48.5 Å². The maximum absolute atomic E-state index is 13.4. The van der Waals surface area contributed by atoms with Crippen molar-refractivity contribution >= 4 is 49.1 Å². The molecule has 0 saturated heterocycles. The van der Waals surface area contributed by atoms with Crippen LogP contribution >= 0.6 is 23.2 Å². The SMILES string of the molecule is CCc1c(C(Cc2ccccc2)NS(=O)(=O)c2ccc(Cl)cc2)nn(S(=O)(=O)c2ccc(Cl)cc2)c1N. The second-order valence-corrected chi connectivity index (χ2v) is 12.6. The molecule has 1 heterocycles. The van der Waals surface area contributed by atoms with Gasteiger partial charge in [0.25, 0.3) is 10.0 Å². The highest BCUT2D eigenvalue weighted by molar-refractivity contribution is 7.90. The molecule has 194 valence electrons. The van der Waals surface area contributed by atoms with Gasteiger partial charge in [-0.3, -0.25) is 0 Å². The number of nitrogens with zero attached hydrogens (tertiary/aromatic N) is 2. The van der Waals surface area contributed by atoms with Crippen LogP contribution in [-0.2, 0) is 32.9 Å². The third-order valence-corrected chi connectivity index (χ3v) is 9.34. The van der Waals surface area contributed by atoms with Crippen LogP contribution in [0.1, 0.15) is 29.8 Å². The van der Waals surface area contributed by atoms with Crippen molar-refractivity contribution in [3.05, 3.63) is 106 Å². The van der Waals surface area contributed by atoms with E-state index >= 15 is 0 Å². The molecule has 4 aromatic rings. The molecule has 0 aliphatic rings. The summed E-state index contributed by atoms with van der Waals surface area (Å²) in [5, 5.41) is 5.13. The summed E-state index contributed by atoms with van der Waals surface area (Å²) in [6.07, 6.45) is 0.531. The first-order chi connectivity index (χ1) is 17.5. The molecule has 0 aliphatic carbocycles. The quantitative estimate of drug-likeness (QED) is 0.293. The Morgan fingerprint density at radius 3 is 1.95 bits per heavy atom. The van der Waals surface area contributed by atoms with Gasteiger partial charge in [0.05, 0.1) is 21.5 Å². The number of aromatic nitrogens is 2. The van der Waals surface area contributed by atoms with Crippen molar-refractivity contribution in [1.82, 2.24) is 13.9 Å². The highest BCUT2D eigenvalue weighted by atomic mass is 35.5. The minimum Gasteiger partial charge on any atom is -0.383 e. The molecule has 0 spiro atoms. The second kappa shape index (κ2) is 10.8. The fourth-order valence-corrected chi connectivity index (χ4v) is 6.60. The van der Waals surface area contributed by atoms with E-state index in [1.54, 1.807) is 6.92 Å². The van der Waals surface area contributed by atoms with Crippen molar-refractivity contribution in [1.29, 1.82) is 0 Å². The van der Waals surface area contributed by atoms with E-state index in [2.05, 4.69) is 9.82 Å². The first-order valence-corrected chi connectivity index (χ1v) is 14.9. The molecule has 12 heteroatoms. The van der Waals surface area contributed by atoms with Gasteiger partial charge < -0.3 is 5.73 Å². The Hall–Kier alpha value is -2.89. The van der Waals surface area contributed by atoms with Crippen LogP contribution in [0.3, 0.4) is 0 Å². The lowest BCUT2D eigenvalue weighted by molar-refractivity contribution is 0.545. The molecule has 0 amide bonds. The number of rotatable bonds is 9. The van der Waals surface area contributed by atoms with Crippen LogP contribution in [0, 0.1) is 0 Å². The van der Waals surface area contributed by atoms with Crippen LogP contribution in [0.25, 0.3) is 0 Å². The third kappa shape index (κ3) is 5.83. The number of hydrogen-bond acceptors (Lipinski definition) is 6. The molecule has 0 bridgehead atoms. The summed E-state index contributed by atoms with van der Waals surface area (Å²) >= 11 is 11.8. The summed E-state index contributed by atoms with van der Waals surface area (Å²) < 4.78 is 56.8. The average molecular weight is 580 g/mol. The molecule has 4 rings (SSSR count). The highest BCUT2D eigenvalue weighted by Gasteiger charge is 2.31. The third-order valence-electron chi connectivity index (χ3n) is 5.75. The largest absolute Gasteiger partial charge is 0.383 e. The second-order valence-electron chi connectivity index (χ2n) is 8.22. The van der Waals surface area contributed by atoms with E-state index in [1.807, 2.05) is 30.3 Å². The van der Waals surface area contributed by atoms with Crippen LogP contribution in [0.15, 0.2) is 88.7 Å². The van der Waals surface area contributed by atoms with Gasteiger partial charge in [-0.25, -0.2) is 13.1 Å². The summed E-state index contributed by atoms with van der Waals surface area (Å²) in [5.41, 5.74) is 7.76. The van der Waals surface area contributed by atoms with Crippen LogP contribution < -0.4 is 10.5 Å². The first-order valence-electron chi connectivity index (χ1n) is 11.2. The number of nitrogens with two attached hydrogens (primary N) is 1. The highest BCUT2D eigenvalue weighted by Crippen LogP contribution is 2.30. The molecule has 0 saturated carbocycles. The van der Waals surface area contributed by atoms with Gasteiger partial charge in [-0.1, -0.05) is 60.5 Å². The molecule has 0 aliphatic heterocycles. The van der Waals surface area contributed by atoms with Gasteiger partial charge in [-0.05, 0) is 66.9 Å². The number of hydrogen-bond donors (Lipinski definition) is 2. The summed E-state index contributed by atoms with van der Waals surface area (Å²) in [5.74, 6) is -0.0868. The average Bonchev–Trinajstić information content (AvgIpc) is 3.21. The van der Waals surface area contributed by atoms with Gasteiger partial charge in [0.2, 0.25) is 10.0 Å². The van der Waals surface area contributed by atoms with Gasteiger partial charge in [-0.2, -0.15) is 13.5 Å². The number of benzene rings is 3. The lowest BCUT2D eigenvalue weighted by Gasteiger charge is -2.19. The zero-order valence-corrected chi connectivity index (χ0v) is 22.8. The van der Waals surface area contributed by atoms with E-state index < -0.39 is 26.1 Å². The molecule has 1 atom stereocenters.